The van der Waals surface area contributed by atoms with Gasteiger partial charge in [0.15, 0.2) is 0 Å². The minimum absolute atomic E-state index is 0.331. The number of hydrogen-bond acceptors (Lipinski definition) is 8. The van der Waals surface area contributed by atoms with Gasteiger partial charge in [0.2, 0.25) is 0 Å². The topological polar surface area (TPSA) is 170 Å². The van der Waals surface area contributed by atoms with Gasteiger partial charge in [-0.2, -0.15) is 5.10 Å². The fraction of sp³-hybridized carbons (Fsp3) is 0.0952. The fourth-order valence-corrected chi connectivity index (χ4v) is 3.48. The Bertz CT molecular complexity index is 1290. The lowest BCUT2D eigenvalue weighted by atomic mass is 10.1. The number of hydrazone groups is 1. The molecule has 2 aromatic carbocycles. The summed E-state index contributed by atoms with van der Waals surface area (Å²) in [7, 11) is 0. The minimum atomic E-state index is -0.898. The van der Waals surface area contributed by atoms with Crippen molar-refractivity contribution in [3.05, 3.63) is 90.1 Å². The molecule has 34 heavy (non-hydrogen) atoms. The Morgan fingerprint density at radius 2 is 1.74 bits per heavy atom. The van der Waals surface area contributed by atoms with E-state index in [1.165, 1.54) is 6.21 Å². The fourth-order valence-electron chi connectivity index (χ4n) is 2.79. The van der Waals surface area contributed by atoms with E-state index in [9.17, 15) is 29.8 Å². The maximum atomic E-state index is 12.2. The van der Waals surface area contributed by atoms with E-state index in [1.807, 2.05) is 25.1 Å². The molecule has 0 fully saturated rings. The molecular formula is C21H16BrN5O7. The summed E-state index contributed by atoms with van der Waals surface area (Å²) < 4.78 is 6.54. The molecule has 1 aromatic heterocycles. The van der Waals surface area contributed by atoms with Crippen LogP contribution in [0.4, 0.5) is 11.4 Å². The van der Waals surface area contributed by atoms with Crippen LogP contribution in [-0.4, -0.2) is 34.4 Å². The van der Waals surface area contributed by atoms with Crippen LogP contribution in [-0.2, 0) is 4.79 Å². The van der Waals surface area contributed by atoms with E-state index in [0.29, 0.717) is 11.5 Å². The lowest BCUT2D eigenvalue weighted by Crippen LogP contribution is -2.35. The van der Waals surface area contributed by atoms with Crippen LogP contribution in [0.3, 0.4) is 0 Å². The number of carbonyl (C=O) groups is 2. The second-order valence-electron chi connectivity index (χ2n) is 6.91. The molecule has 0 radical (unpaired) electrons. The summed E-state index contributed by atoms with van der Waals surface area (Å²) in [5.41, 5.74) is 2.55. The molecule has 0 atom stereocenters. The molecule has 0 saturated heterocycles. The second kappa shape index (κ2) is 10.5. The van der Waals surface area contributed by atoms with Gasteiger partial charge in [-0.15, -0.1) is 0 Å². The number of aryl methyl sites for hydroxylation is 1. The molecule has 0 aliphatic heterocycles. The number of nitrogens with one attached hydrogen (secondary N) is 2. The first-order valence-electron chi connectivity index (χ1n) is 9.54. The van der Waals surface area contributed by atoms with Gasteiger partial charge < -0.3 is 9.73 Å². The van der Waals surface area contributed by atoms with Crippen molar-refractivity contribution >= 4 is 45.3 Å². The molecule has 3 aromatic rings. The molecule has 12 nitrogen and oxygen atoms in total. The number of nitro groups is 2. The SMILES string of the molecule is Cc1ccc(-c2ccc(/C=N\NC(=O)CNC(=O)c3cc([N+](=O)[O-])cc([N+](=O)[O-])c3)o2)c(Br)c1. The number of non-ortho nitro benzene ring substituents is 2. The lowest BCUT2D eigenvalue weighted by Gasteiger charge is -2.04. The first kappa shape index (κ1) is 24.3. The zero-order valence-electron chi connectivity index (χ0n) is 17.5. The summed E-state index contributed by atoms with van der Waals surface area (Å²) in [5, 5.41) is 27.8. The normalized spacial score (nSPS) is 10.8. The van der Waals surface area contributed by atoms with E-state index in [1.54, 1.807) is 12.1 Å². The third-order valence-electron chi connectivity index (χ3n) is 4.39. The van der Waals surface area contributed by atoms with Crippen molar-refractivity contribution < 1.29 is 23.9 Å². The molecule has 0 saturated carbocycles. The Labute approximate surface area is 200 Å². The molecule has 174 valence electrons. The maximum Gasteiger partial charge on any atom is 0.277 e. The summed E-state index contributed by atoms with van der Waals surface area (Å²) in [4.78, 5) is 44.3. The van der Waals surface area contributed by atoms with Gasteiger partial charge in [0.1, 0.15) is 11.5 Å². The van der Waals surface area contributed by atoms with Crippen molar-refractivity contribution in [3.8, 4) is 11.3 Å². The molecule has 2 amide bonds. The van der Waals surface area contributed by atoms with Gasteiger partial charge in [0, 0.05) is 22.2 Å². The molecule has 0 bridgehead atoms. The lowest BCUT2D eigenvalue weighted by molar-refractivity contribution is -0.394. The Kier molecular flexibility index (Phi) is 7.48. The minimum Gasteiger partial charge on any atom is -0.455 e. The Balaban J connectivity index is 1.57. The number of rotatable bonds is 8. The number of hydrogen-bond donors (Lipinski definition) is 2. The zero-order chi connectivity index (χ0) is 24.8. The average molecular weight is 530 g/mol. The van der Waals surface area contributed by atoms with Crippen molar-refractivity contribution in [2.75, 3.05) is 6.54 Å². The predicted octanol–water partition coefficient (Wildman–Crippen LogP) is 3.71. The monoisotopic (exact) mass is 529 g/mol. The molecule has 0 unspecified atom stereocenters. The smallest absolute Gasteiger partial charge is 0.277 e. The summed E-state index contributed by atoms with van der Waals surface area (Å²) in [6.07, 6.45) is 1.27. The molecule has 0 spiro atoms. The van der Waals surface area contributed by atoms with Crippen LogP contribution < -0.4 is 10.7 Å². The Morgan fingerprint density at radius 1 is 1.06 bits per heavy atom. The van der Waals surface area contributed by atoms with E-state index in [-0.39, 0.29) is 5.56 Å². The van der Waals surface area contributed by atoms with E-state index < -0.39 is 39.6 Å². The van der Waals surface area contributed by atoms with Crippen LogP contribution >= 0.6 is 15.9 Å². The van der Waals surface area contributed by atoms with Crippen LogP contribution in [0.1, 0.15) is 21.7 Å². The first-order chi connectivity index (χ1) is 16.1. The van der Waals surface area contributed by atoms with Gasteiger partial charge >= 0.3 is 0 Å². The van der Waals surface area contributed by atoms with E-state index in [2.05, 4.69) is 31.8 Å². The van der Waals surface area contributed by atoms with Gasteiger partial charge in [0.05, 0.1) is 34.2 Å². The van der Waals surface area contributed by atoms with Gasteiger partial charge in [0.25, 0.3) is 23.2 Å². The quantitative estimate of drug-likeness (QED) is 0.254. The number of carbonyl (C=O) groups excluding carboxylic acids is 2. The molecule has 13 heteroatoms. The summed E-state index contributed by atoms with van der Waals surface area (Å²) in [6.45, 7) is 1.44. The van der Waals surface area contributed by atoms with E-state index in [4.69, 9.17) is 4.42 Å². The highest BCUT2D eigenvalue weighted by atomic mass is 79.9. The van der Waals surface area contributed by atoms with Crippen molar-refractivity contribution in [3.63, 3.8) is 0 Å². The van der Waals surface area contributed by atoms with Crippen molar-refractivity contribution in [2.24, 2.45) is 5.10 Å². The summed E-state index contributed by atoms with van der Waals surface area (Å²) in [5.74, 6) is -0.628. The number of nitrogens with zero attached hydrogens (tertiary/aromatic N) is 3. The van der Waals surface area contributed by atoms with E-state index in [0.717, 1.165) is 33.8 Å². The number of nitro benzene ring substituents is 2. The molecule has 0 aliphatic rings. The van der Waals surface area contributed by atoms with Gasteiger partial charge in [-0.25, -0.2) is 5.43 Å². The molecular weight excluding hydrogens is 514 g/mol. The molecule has 1 heterocycles. The number of amides is 2. The average Bonchev–Trinajstić information content (AvgIpc) is 3.25. The zero-order valence-corrected chi connectivity index (χ0v) is 19.1. The van der Waals surface area contributed by atoms with Gasteiger partial charge in [-0.3, -0.25) is 29.8 Å². The summed E-state index contributed by atoms with van der Waals surface area (Å²) >= 11 is 3.48. The number of halogens is 1. The third-order valence-corrected chi connectivity index (χ3v) is 5.05. The molecule has 3 rings (SSSR count). The first-order valence-corrected chi connectivity index (χ1v) is 10.3. The van der Waals surface area contributed by atoms with Crippen molar-refractivity contribution in [1.29, 1.82) is 0 Å². The highest BCUT2D eigenvalue weighted by Crippen LogP contribution is 2.30. The van der Waals surface area contributed by atoms with Crippen LogP contribution in [0, 0.1) is 27.2 Å². The van der Waals surface area contributed by atoms with Crippen molar-refractivity contribution in [1.82, 2.24) is 10.7 Å². The van der Waals surface area contributed by atoms with Crippen molar-refractivity contribution in [2.45, 2.75) is 6.92 Å². The molecule has 2 N–H and O–H groups in total. The Morgan fingerprint density at radius 3 is 2.35 bits per heavy atom. The highest BCUT2D eigenvalue weighted by molar-refractivity contribution is 9.10. The summed E-state index contributed by atoms with van der Waals surface area (Å²) in [6, 6.07) is 11.7. The highest BCUT2D eigenvalue weighted by Gasteiger charge is 2.20. The third kappa shape index (κ3) is 6.10. The van der Waals surface area contributed by atoms with Gasteiger partial charge in [-0.05, 0) is 36.8 Å². The van der Waals surface area contributed by atoms with Gasteiger partial charge in [-0.1, -0.05) is 22.0 Å². The predicted molar refractivity (Wildman–Crippen MR) is 124 cm³/mol. The standard InChI is InChI=1S/C21H16BrN5O7/c1-12-2-4-17(18(22)6-12)19-5-3-16(34-19)10-24-25-20(28)11-23-21(29)13-7-14(26(30)31)9-15(8-13)27(32)33/h2-10H,11H2,1H3,(H,23,29)(H,25,28)/b24-10-. The maximum absolute atomic E-state index is 12.2. The second-order valence-corrected chi connectivity index (χ2v) is 7.77. The van der Waals surface area contributed by atoms with Crippen LogP contribution in [0.25, 0.3) is 11.3 Å². The van der Waals surface area contributed by atoms with Crippen LogP contribution in [0.5, 0.6) is 0 Å². The molecule has 0 aliphatic carbocycles. The Hall–Kier alpha value is -4.39. The number of furan rings is 1. The van der Waals surface area contributed by atoms with Crippen LogP contribution in [0.2, 0.25) is 0 Å². The number of benzene rings is 2. The van der Waals surface area contributed by atoms with E-state index >= 15 is 0 Å². The van der Waals surface area contributed by atoms with Crippen LogP contribution in [0.15, 0.2) is 62.5 Å². The largest absolute Gasteiger partial charge is 0.455 e.